The molecule has 0 aromatic carbocycles. The van der Waals surface area contributed by atoms with Gasteiger partial charge in [0.25, 0.3) is 5.91 Å². The summed E-state index contributed by atoms with van der Waals surface area (Å²) in [5.41, 5.74) is -0.243. The van der Waals surface area contributed by atoms with Crippen LogP contribution in [0, 0.1) is 0 Å². The van der Waals surface area contributed by atoms with E-state index in [0.717, 1.165) is 25.9 Å². The van der Waals surface area contributed by atoms with E-state index in [2.05, 4.69) is 10.6 Å². The number of furan rings is 1. The molecule has 0 unspecified atom stereocenters. The van der Waals surface area contributed by atoms with E-state index in [4.69, 9.17) is 9.15 Å². The average Bonchev–Trinajstić information content (AvgIpc) is 2.91. The van der Waals surface area contributed by atoms with E-state index in [1.165, 1.54) is 6.26 Å². The molecule has 1 aromatic heterocycles. The summed E-state index contributed by atoms with van der Waals surface area (Å²) in [6, 6.07) is 3.35. The summed E-state index contributed by atoms with van der Waals surface area (Å²) in [7, 11) is 1.70. The number of ether oxygens (including phenoxy) is 1. The van der Waals surface area contributed by atoms with Crippen LogP contribution in [0.4, 0.5) is 0 Å². The van der Waals surface area contributed by atoms with Crippen LogP contribution in [0.25, 0.3) is 0 Å². The third kappa shape index (κ3) is 2.87. The maximum Gasteiger partial charge on any atom is 0.287 e. The van der Waals surface area contributed by atoms with Crippen LogP contribution in [0.3, 0.4) is 0 Å². The highest BCUT2D eigenvalue weighted by atomic mass is 16.5. The molecule has 0 spiro atoms. The molecular formula is C12H18N2O3. The van der Waals surface area contributed by atoms with Gasteiger partial charge in [0.1, 0.15) is 0 Å². The molecule has 2 N–H and O–H groups in total. The highest BCUT2D eigenvalue weighted by molar-refractivity contribution is 5.91. The quantitative estimate of drug-likeness (QED) is 0.813. The largest absolute Gasteiger partial charge is 0.459 e. The van der Waals surface area contributed by atoms with Gasteiger partial charge in [-0.05, 0) is 38.1 Å². The van der Waals surface area contributed by atoms with E-state index in [1.807, 2.05) is 0 Å². The fraction of sp³-hybridized carbons (Fsp3) is 0.583. The number of amides is 1. The molecule has 0 saturated carbocycles. The van der Waals surface area contributed by atoms with Crippen molar-refractivity contribution in [1.29, 1.82) is 0 Å². The summed E-state index contributed by atoms with van der Waals surface area (Å²) >= 11 is 0. The molecule has 1 aromatic rings. The van der Waals surface area contributed by atoms with E-state index in [9.17, 15) is 4.79 Å². The Kier molecular flexibility index (Phi) is 3.81. The highest BCUT2D eigenvalue weighted by Crippen LogP contribution is 2.21. The number of nitrogens with one attached hydrogen (secondary N) is 2. The maximum absolute atomic E-state index is 11.7. The van der Waals surface area contributed by atoms with E-state index in [0.29, 0.717) is 12.3 Å². The summed E-state index contributed by atoms with van der Waals surface area (Å²) in [4.78, 5) is 11.7. The topological polar surface area (TPSA) is 63.5 Å². The Hall–Kier alpha value is -1.33. The lowest BCUT2D eigenvalue weighted by molar-refractivity contribution is -0.0314. The van der Waals surface area contributed by atoms with Crippen molar-refractivity contribution < 1.29 is 13.9 Å². The monoisotopic (exact) mass is 238 g/mol. The number of carbonyl (C=O) groups is 1. The van der Waals surface area contributed by atoms with Crippen LogP contribution in [0.5, 0.6) is 0 Å². The van der Waals surface area contributed by atoms with Crippen LogP contribution in [-0.4, -0.2) is 38.3 Å². The fourth-order valence-electron chi connectivity index (χ4n) is 2.07. The summed E-state index contributed by atoms with van der Waals surface area (Å²) in [6.45, 7) is 2.36. The number of piperidine rings is 1. The predicted molar refractivity (Wildman–Crippen MR) is 62.9 cm³/mol. The van der Waals surface area contributed by atoms with Gasteiger partial charge in [0.15, 0.2) is 5.76 Å². The Labute approximate surface area is 101 Å². The summed E-state index contributed by atoms with van der Waals surface area (Å²) < 4.78 is 10.6. The zero-order valence-electron chi connectivity index (χ0n) is 9.99. The van der Waals surface area contributed by atoms with Crippen molar-refractivity contribution in [3.05, 3.63) is 24.2 Å². The van der Waals surface area contributed by atoms with Crippen molar-refractivity contribution in [2.24, 2.45) is 0 Å². The van der Waals surface area contributed by atoms with Gasteiger partial charge in [0.2, 0.25) is 0 Å². The van der Waals surface area contributed by atoms with E-state index >= 15 is 0 Å². The molecule has 1 saturated heterocycles. The van der Waals surface area contributed by atoms with E-state index in [1.54, 1.807) is 19.2 Å². The summed E-state index contributed by atoms with van der Waals surface area (Å²) in [5, 5.41) is 6.14. The highest BCUT2D eigenvalue weighted by Gasteiger charge is 2.32. The van der Waals surface area contributed by atoms with Gasteiger partial charge in [-0.15, -0.1) is 0 Å². The molecular weight excluding hydrogens is 220 g/mol. The predicted octanol–water partition coefficient (Wildman–Crippen LogP) is 0.778. The number of carbonyl (C=O) groups excluding carboxylic acids is 1. The first-order valence-electron chi connectivity index (χ1n) is 5.83. The lowest BCUT2D eigenvalue weighted by atomic mass is 9.92. The zero-order chi connectivity index (χ0) is 12.1. The van der Waals surface area contributed by atoms with Gasteiger partial charge < -0.3 is 19.8 Å². The van der Waals surface area contributed by atoms with Crippen molar-refractivity contribution in [2.75, 3.05) is 26.7 Å². The lowest BCUT2D eigenvalue weighted by Crippen LogP contribution is -2.50. The van der Waals surface area contributed by atoms with Gasteiger partial charge in [-0.25, -0.2) is 0 Å². The second-order valence-electron chi connectivity index (χ2n) is 4.30. The Morgan fingerprint density at radius 3 is 2.94 bits per heavy atom. The van der Waals surface area contributed by atoms with Crippen molar-refractivity contribution in [2.45, 2.75) is 18.4 Å². The summed E-state index contributed by atoms with van der Waals surface area (Å²) in [5.74, 6) is 0.148. The van der Waals surface area contributed by atoms with Crippen LogP contribution in [0.15, 0.2) is 22.8 Å². The molecule has 17 heavy (non-hydrogen) atoms. The Balaban J connectivity index is 1.89. The standard InChI is InChI=1S/C12H18N2O3/c1-16-12(4-6-13-7-5-12)9-14-11(15)10-3-2-8-17-10/h2-3,8,13H,4-7,9H2,1H3,(H,14,15). The molecule has 1 fully saturated rings. The van der Waals surface area contributed by atoms with Crippen molar-refractivity contribution in [3.63, 3.8) is 0 Å². The van der Waals surface area contributed by atoms with Crippen molar-refractivity contribution in [1.82, 2.24) is 10.6 Å². The maximum atomic E-state index is 11.7. The molecule has 5 heteroatoms. The van der Waals surface area contributed by atoms with Crippen molar-refractivity contribution in [3.8, 4) is 0 Å². The van der Waals surface area contributed by atoms with E-state index in [-0.39, 0.29) is 11.5 Å². The number of hydrogen-bond donors (Lipinski definition) is 2. The molecule has 1 amide bonds. The minimum absolute atomic E-state index is 0.190. The number of methoxy groups -OCH3 is 1. The van der Waals surface area contributed by atoms with E-state index < -0.39 is 0 Å². The molecule has 0 atom stereocenters. The molecule has 2 rings (SSSR count). The zero-order valence-corrected chi connectivity index (χ0v) is 9.99. The molecule has 94 valence electrons. The van der Waals surface area contributed by atoms with Crippen LogP contribution in [-0.2, 0) is 4.74 Å². The smallest absolute Gasteiger partial charge is 0.287 e. The van der Waals surface area contributed by atoms with Gasteiger partial charge in [0, 0.05) is 13.7 Å². The second-order valence-corrected chi connectivity index (χ2v) is 4.30. The Bertz CT molecular complexity index is 356. The average molecular weight is 238 g/mol. The first kappa shape index (κ1) is 12.1. The van der Waals surface area contributed by atoms with Gasteiger partial charge in [-0.2, -0.15) is 0 Å². The lowest BCUT2D eigenvalue weighted by Gasteiger charge is -2.36. The minimum Gasteiger partial charge on any atom is -0.459 e. The molecule has 5 nitrogen and oxygen atoms in total. The fourth-order valence-corrected chi connectivity index (χ4v) is 2.07. The van der Waals surface area contributed by atoms with Gasteiger partial charge in [-0.3, -0.25) is 4.79 Å². The third-order valence-electron chi connectivity index (χ3n) is 3.26. The molecule has 0 radical (unpaired) electrons. The minimum atomic E-state index is -0.243. The summed E-state index contributed by atoms with van der Waals surface area (Å²) in [6.07, 6.45) is 3.30. The van der Waals surface area contributed by atoms with Crippen LogP contribution >= 0.6 is 0 Å². The normalized spacial score (nSPS) is 18.9. The first-order valence-corrected chi connectivity index (χ1v) is 5.83. The van der Waals surface area contributed by atoms with Gasteiger partial charge in [-0.1, -0.05) is 0 Å². The van der Waals surface area contributed by atoms with Crippen LogP contribution < -0.4 is 10.6 Å². The molecule has 0 aliphatic carbocycles. The second kappa shape index (κ2) is 5.33. The van der Waals surface area contributed by atoms with Crippen LogP contribution in [0.1, 0.15) is 23.4 Å². The van der Waals surface area contributed by atoms with Crippen molar-refractivity contribution >= 4 is 5.91 Å². The molecule has 1 aliphatic rings. The van der Waals surface area contributed by atoms with Gasteiger partial charge >= 0.3 is 0 Å². The molecule has 1 aliphatic heterocycles. The van der Waals surface area contributed by atoms with Crippen LogP contribution in [0.2, 0.25) is 0 Å². The molecule has 0 bridgehead atoms. The molecule has 2 heterocycles. The number of rotatable bonds is 4. The third-order valence-corrected chi connectivity index (χ3v) is 3.26. The Morgan fingerprint density at radius 1 is 1.59 bits per heavy atom. The SMILES string of the molecule is COC1(CNC(=O)c2ccco2)CCNCC1. The number of hydrogen-bond acceptors (Lipinski definition) is 4. The Morgan fingerprint density at radius 2 is 2.35 bits per heavy atom. The van der Waals surface area contributed by atoms with Gasteiger partial charge in [0.05, 0.1) is 11.9 Å². The first-order chi connectivity index (χ1) is 8.26.